The largest absolute Gasteiger partial charge is 0.491 e. The van der Waals surface area contributed by atoms with Gasteiger partial charge < -0.3 is 25.0 Å². The number of urea groups is 1. The number of nitrogens with zero attached hydrogens (tertiary/aromatic N) is 4. The molecular weight excluding hydrogens is 432 g/mol. The van der Waals surface area contributed by atoms with Gasteiger partial charge in [-0.1, -0.05) is 19.3 Å². The Labute approximate surface area is 190 Å². The first-order valence-electron chi connectivity index (χ1n) is 11.1. The average molecular weight is 460 g/mol. The van der Waals surface area contributed by atoms with Gasteiger partial charge >= 0.3 is 6.03 Å². The Morgan fingerprint density at radius 3 is 2.64 bits per heavy atom. The van der Waals surface area contributed by atoms with E-state index >= 15 is 0 Å². The predicted octanol–water partition coefficient (Wildman–Crippen LogP) is 0.805. The molecule has 1 aromatic carbocycles. The molecule has 4 rings (SSSR count). The number of hydrogen-bond donors (Lipinski definition) is 3. The Morgan fingerprint density at radius 1 is 1.27 bits per heavy atom. The molecule has 3 atom stereocenters. The molecule has 2 fully saturated rings. The number of hydrogen-bond acceptors (Lipinski definition) is 9. The van der Waals surface area contributed by atoms with Gasteiger partial charge in [-0.25, -0.2) is 9.79 Å². The fourth-order valence-electron chi connectivity index (χ4n) is 4.41. The molecule has 2 aliphatic heterocycles. The molecule has 1 aromatic rings. The molecule has 0 aromatic heterocycles. The maximum Gasteiger partial charge on any atom is 0.325 e. The molecule has 12 nitrogen and oxygen atoms in total. The Bertz CT molecular complexity index is 932. The highest BCUT2D eigenvalue weighted by Gasteiger charge is 2.49. The highest BCUT2D eigenvalue weighted by molar-refractivity contribution is 6.03. The summed E-state index contributed by atoms with van der Waals surface area (Å²) in [5.41, 5.74) is -0.0531. The fourth-order valence-corrected chi connectivity index (χ4v) is 4.41. The van der Waals surface area contributed by atoms with E-state index in [0.717, 1.165) is 25.7 Å². The number of nitro benzene ring substituents is 1. The van der Waals surface area contributed by atoms with Gasteiger partial charge in [0.05, 0.1) is 11.5 Å². The molecule has 12 heteroatoms. The van der Waals surface area contributed by atoms with E-state index in [1.807, 2.05) is 0 Å². The molecule has 1 saturated carbocycles. The van der Waals surface area contributed by atoms with Crippen molar-refractivity contribution in [2.24, 2.45) is 4.99 Å². The predicted molar refractivity (Wildman–Crippen MR) is 118 cm³/mol. The van der Waals surface area contributed by atoms with Crippen LogP contribution in [0.25, 0.3) is 0 Å². The molecule has 33 heavy (non-hydrogen) atoms. The summed E-state index contributed by atoms with van der Waals surface area (Å²) in [6.07, 6.45) is 3.75. The number of nitrogens with one attached hydrogen (secondary N) is 2. The third-order valence-corrected chi connectivity index (χ3v) is 6.20. The molecule has 0 bridgehead atoms. The maximum atomic E-state index is 12.7. The zero-order valence-electron chi connectivity index (χ0n) is 18.3. The van der Waals surface area contributed by atoms with Crippen LogP contribution in [0.15, 0.2) is 29.3 Å². The number of imide groups is 1. The number of aliphatic hydroxyl groups excluding tert-OH is 1. The fraction of sp³-hybridized carbons (Fsp3) is 0.571. The monoisotopic (exact) mass is 460 g/mol. The van der Waals surface area contributed by atoms with Crippen molar-refractivity contribution in [3.05, 3.63) is 34.4 Å². The summed E-state index contributed by atoms with van der Waals surface area (Å²) in [5, 5.41) is 27.2. The summed E-state index contributed by atoms with van der Waals surface area (Å²) < 4.78 is 5.57. The van der Waals surface area contributed by atoms with Crippen molar-refractivity contribution in [3.63, 3.8) is 0 Å². The summed E-state index contributed by atoms with van der Waals surface area (Å²) in [7, 11) is 1.58. The minimum Gasteiger partial charge on any atom is -0.491 e. The lowest BCUT2D eigenvalue weighted by molar-refractivity contribution is -0.384. The lowest BCUT2D eigenvalue weighted by Gasteiger charge is -2.37. The number of guanidine groups is 1. The Kier molecular flexibility index (Phi) is 6.63. The Hall–Kier alpha value is -3.41. The van der Waals surface area contributed by atoms with E-state index in [-0.39, 0.29) is 24.9 Å². The van der Waals surface area contributed by atoms with E-state index in [1.54, 1.807) is 11.9 Å². The first-order valence-corrected chi connectivity index (χ1v) is 11.1. The zero-order valence-corrected chi connectivity index (χ0v) is 18.3. The number of rotatable bonds is 7. The molecule has 178 valence electrons. The summed E-state index contributed by atoms with van der Waals surface area (Å²) >= 11 is 0. The molecule has 0 spiro atoms. The quantitative estimate of drug-likeness (QED) is 0.400. The standard InChI is InChI=1S/C21H28N6O6/c1-25-18-17(19(29)24-21(25)30)26(20(23-18)22-13-5-3-2-4-6-13)11-15(28)12-33-16-9-7-14(8-10-16)27(31)32/h7-10,13,15,17-18,28H,2-6,11-12H2,1H3,(H,22,23)(H,24,29,30). The van der Waals surface area contributed by atoms with Crippen molar-refractivity contribution >= 4 is 23.6 Å². The third-order valence-electron chi connectivity index (χ3n) is 6.20. The van der Waals surface area contributed by atoms with E-state index in [1.165, 1.54) is 35.6 Å². The number of carbonyl (C=O) groups is 2. The van der Waals surface area contributed by atoms with Crippen molar-refractivity contribution in [1.29, 1.82) is 0 Å². The van der Waals surface area contributed by atoms with Crippen molar-refractivity contribution in [2.45, 2.75) is 56.5 Å². The third kappa shape index (κ3) is 5.00. The van der Waals surface area contributed by atoms with E-state index in [0.29, 0.717) is 11.7 Å². The first-order chi connectivity index (χ1) is 15.8. The normalized spacial score (nSPS) is 24.1. The Morgan fingerprint density at radius 2 is 1.97 bits per heavy atom. The van der Waals surface area contributed by atoms with Crippen LogP contribution in [0, 0.1) is 10.1 Å². The van der Waals surface area contributed by atoms with Crippen molar-refractivity contribution in [3.8, 4) is 5.75 Å². The van der Waals surface area contributed by atoms with Crippen LogP contribution < -0.4 is 15.4 Å². The van der Waals surface area contributed by atoms with Gasteiger partial charge in [-0.05, 0) is 25.0 Å². The zero-order chi connectivity index (χ0) is 23.5. The van der Waals surface area contributed by atoms with Crippen LogP contribution in [0.3, 0.4) is 0 Å². The van der Waals surface area contributed by atoms with Gasteiger partial charge in [-0.2, -0.15) is 0 Å². The summed E-state index contributed by atoms with van der Waals surface area (Å²) in [6, 6.07) is 4.53. The van der Waals surface area contributed by atoms with Crippen molar-refractivity contribution < 1.29 is 24.4 Å². The van der Waals surface area contributed by atoms with E-state index in [2.05, 4.69) is 15.6 Å². The number of amides is 3. The van der Waals surface area contributed by atoms with Crippen LogP contribution in [0.4, 0.5) is 10.5 Å². The molecule has 0 radical (unpaired) electrons. The van der Waals surface area contributed by atoms with Gasteiger partial charge in [0.15, 0.2) is 18.2 Å². The highest BCUT2D eigenvalue weighted by Crippen LogP contribution is 2.26. The number of aliphatic imine (C=N–C) groups is 1. The van der Waals surface area contributed by atoms with Crippen LogP contribution in [0.1, 0.15) is 32.1 Å². The number of fused-ring (bicyclic) bond motifs is 1. The van der Waals surface area contributed by atoms with Gasteiger partial charge in [-0.3, -0.25) is 20.2 Å². The SMILES string of the molecule is CN1C(=O)NC(=O)C2C1N=C(NC1CCCCC1)N2CC(O)COc1ccc([N+](=O)[O-])cc1. The number of likely N-dealkylation sites (N-methyl/N-ethyl adjacent to an activating group) is 1. The van der Waals surface area contributed by atoms with Gasteiger partial charge in [0, 0.05) is 25.2 Å². The number of carbonyl (C=O) groups excluding carboxylic acids is 2. The minimum absolute atomic E-state index is 0.0531. The summed E-state index contributed by atoms with van der Waals surface area (Å²) in [4.78, 5) is 42.7. The van der Waals surface area contributed by atoms with Gasteiger partial charge in [0.1, 0.15) is 18.5 Å². The topological polar surface area (TPSA) is 150 Å². The number of ether oxygens (including phenoxy) is 1. The molecule has 3 aliphatic rings. The van der Waals surface area contributed by atoms with Crippen LogP contribution in [0.5, 0.6) is 5.75 Å². The van der Waals surface area contributed by atoms with Crippen LogP contribution >= 0.6 is 0 Å². The van der Waals surface area contributed by atoms with Crippen molar-refractivity contribution in [1.82, 2.24) is 20.4 Å². The van der Waals surface area contributed by atoms with Gasteiger partial charge in [0.2, 0.25) is 0 Å². The minimum atomic E-state index is -0.979. The number of benzene rings is 1. The summed E-state index contributed by atoms with van der Waals surface area (Å²) in [5.74, 6) is 0.410. The number of nitro groups is 1. The lowest BCUT2D eigenvalue weighted by atomic mass is 9.96. The molecule has 3 amide bonds. The average Bonchev–Trinajstić information content (AvgIpc) is 3.15. The van der Waals surface area contributed by atoms with Gasteiger partial charge in [-0.15, -0.1) is 0 Å². The molecular formula is C21H28N6O6. The Balaban J connectivity index is 1.44. The summed E-state index contributed by atoms with van der Waals surface area (Å²) in [6.45, 7) is -0.0268. The second kappa shape index (κ2) is 9.61. The van der Waals surface area contributed by atoms with E-state index in [9.17, 15) is 24.8 Å². The van der Waals surface area contributed by atoms with E-state index in [4.69, 9.17) is 4.74 Å². The molecule has 2 heterocycles. The van der Waals surface area contributed by atoms with Crippen LogP contribution in [-0.4, -0.2) is 82.3 Å². The molecule has 1 aliphatic carbocycles. The van der Waals surface area contributed by atoms with Crippen molar-refractivity contribution in [2.75, 3.05) is 20.2 Å². The number of non-ortho nitro benzene ring substituents is 1. The molecule has 1 saturated heterocycles. The number of β-amino-alcohol motifs (C(OH)–C–C–N with tert-alkyl or cyclic N) is 1. The van der Waals surface area contributed by atoms with Crippen LogP contribution in [0.2, 0.25) is 0 Å². The van der Waals surface area contributed by atoms with Crippen LogP contribution in [-0.2, 0) is 4.79 Å². The molecule has 3 N–H and O–H groups in total. The smallest absolute Gasteiger partial charge is 0.325 e. The maximum absolute atomic E-state index is 12.7. The molecule has 3 unspecified atom stereocenters. The van der Waals surface area contributed by atoms with E-state index < -0.39 is 35.2 Å². The first kappa shape index (κ1) is 22.8. The highest BCUT2D eigenvalue weighted by atomic mass is 16.6. The van der Waals surface area contributed by atoms with Gasteiger partial charge in [0.25, 0.3) is 11.6 Å². The second-order valence-electron chi connectivity index (χ2n) is 8.56. The number of aliphatic hydroxyl groups is 1. The second-order valence-corrected chi connectivity index (χ2v) is 8.56. The lowest BCUT2D eigenvalue weighted by Crippen LogP contribution is -2.65.